The Kier molecular flexibility index (Phi) is 6.33. The van der Waals surface area contributed by atoms with Gasteiger partial charge in [0.1, 0.15) is 12.4 Å². The summed E-state index contributed by atoms with van der Waals surface area (Å²) in [5, 5.41) is 2.76. The molecule has 0 heterocycles. The van der Waals surface area contributed by atoms with Crippen molar-refractivity contribution in [1.29, 1.82) is 0 Å². The van der Waals surface area contributed by atoms with E-state index in [9.17, 15) is 9.59 Å². The van der Waals surface area contributed by atoms with Crippen molar-refractivity contribution >= 4 is 17.6 Å². The molecule has 6 nitrogen and oxygen atoms in total. The Balaban J connectivity index is 1.95. The number of anilines is 1. The monoisotopic (exact) mass is 329 g/mol. The fraction of sp³-hybridized carbons (Fsp3) is 0.222. The van der Waals surface area contributed by atoms with E-state index in [1.165, 1.54) is 7.11 Å². The predicted molar refractivity (Wildman–Crippen MR) is 89.5 cm³/mol. The third-order valence-corrected chi connectivity index (χ3v) is 3.25. The second-order valence-electron chi connectivity index (χ2n) is 4.89. The molecule has 0 saturated carbocycles. The average molecular weight is 329 g/mol. The van der Waals surface area contributed by atoms with Crippen molar-refractivity contribution in [2.45, 2.75) is 0 Å². The Morgan fingerprint density at radius 2 is 1.50 bits per heavy atom. The van der Waals surface area contributed by atoms with Crippen LogP contribution in [0.15, 0.2) is 48.5 Å². The van der Waals surface area contributed by atoms with E-state index in [1.807, 2.05) is 0 Å². The summed E-state index contributed by atoms with van der Waals surface area (Å²) in [6, 6.07) is 13.3. The molecular weight excluding hydrogens is 310 g/mol. The molecule has 0 radical (unpaired) electrons. The number of benzene rings is 2. The van der Waals surface area contributed by atoms with Gasteiger partial charge in [0.05, 0.1) is 19.3 Å². The summed E-state index contributed by atoms with van der Waals surface area (Å²) in [7, 11) is 3.10. The van der Waals surface area contributed by atoms with Crippen LogP contribution >= 0.6 is 0 Å². The number of rotatable bonds is 7. The van der Waals surface area contributed by atoms with Crippen LogP contribution in [0.3, 0.4) is 0 Å². The highest BCUT2D eigenvalue weighted by molar-refractivity contribution is 6.04. The van der Waals surface area contributed by atoms with Gasteiger partial charge < -0.3 is 19.5 Å². The van der Waals surface area contributed by atoms with Crippen LogP contribution in [0.25, 0.3) is 0 Å². The molecule has 0 bridgehead atoms. The van der Waals surface area contributed by atoms with Gasteiger partial charge in [0.25, 0.3) is 5.91 Å². The quantitative estimate of drug-likeness (QED) is 0.624. The van der Waals surface area contributed by atoms with Crippen molar-refractivity contribution < 1.29 is 23.8 Å². The first kappa shape index (κ1) is 17.5. The largest absolute Gasteiger partial charge is 0.497 e. The average Bonchev–Trinajstić information content (AvgIpc) is 2.62. The molecule has 6 heteroatoms. The van der Waals surface area contributed by atoms with Crippen molar-refractivity contribution in [2.24, 2.45) is 0 Å². The Bertz CT molecular complexity index is 680. The third-order valence-electron chi connectivity index (χ3n) is 3.25. The summed E-state index contributed by atoms with van der Waals surface area (Å²) >= 11 is 0. The Labute approximate surface area is 140 Å². The van der Waals surface area contributed by atoms with E-state index in [4.69, 9.17) is 14.2 Å². The fourth-order valence-electron chi connectivity index (χ4n) is 1.94. The van der Waals surface area contributed by atoms with E-state index < -0.39 is 5.97 Å². The van der Waals surface area contributed by atoms with Crippen molar-refractivity contribution in [1.82, 2.24) is 0 Å². The van der Waals surface area contributed by atoms with Crippen LogP contribution in [0.4, 0.5) is 5.69 Å². The lowest BCUT2D eigenvalue weighted by molar-refractivity contribution is 0.0388. The molecule has 0 unspecified atom stereocenters. The molecule has 24 heavy (non-hydrogen) atoms. The van der Waals surface area contributed by atoms with Crippen LogP contribution in [0.5, 0.6) is 5.75 Å². The molecule has 126 valence electrons. The molecule has 1 N–H and O–H groups in total. The summed E-state index contributed by atoms with van der Waals surface area (Å²) in [6.45, 7) is 0.549. The van der Waals surface area contributed by atoms with E-state index in [2.05, 4.69) is 5.32 Å². The first-order valence-electron chi connectivity index (χ1n) is 7.35. The highest BCUT2D eigenvalue weighted by atomic mass is 16.6. The SMILES string of the molecule is COCCOC(=O)c1ccc(NC(=O)c2ccc(OC)cc2)cc1. The molecular formula is C18H19NO5. The molecule has 2 aromatic carbocycles. The number of methoxy groups -OCH3 is 2. The Morgan fingerprint density at radius 3 is 2.08 bits per heavy atom. The molecule has 2 aromatic rings. The first-order chi connectivity index (χ1) is 11.6. The van der Waals surface area contributed by atoms with E-state index in [0.717, 1.165) is 0 Å². The fourth-order valence-corrected chi connectivity index (χ4v) is 1.94. The van der Waals surface area contributed by atoms with Crippen molar-refractivity contribution in [3.8, 4) is 5.75 Å². The topological polar surface area (TPSA) is 73.9 Å². The molecule has 0 spiro atoms. The lowest BCUT2D eigenvalue weighted by atomic mass is 10.1. The number of ether oxygens (including phenoxy) is 3. The van der Waals surface area contributed by atoms with Gasteiger partial charge in [0.2, 0.25) is 0 Å². The van der Waals surface area contributed by atoms with Crippen LogP contribution in [0, 0.1) is 0 Å². The number of carbonyl (C=O) groups is 2. The minimum absolute atomic E-state index is 0.200. The van der Waals surface area contributed by atoms with Gasteiger partial charge >= 0.3 is 5.97 Å². The number of carbonyl (C=O) groups excluding carboxylic acids is 2. The second-order valence-corrected chi connectivity index (χ2v) is 4.89. The van der Waals surface area contributed by atoms with E-state index in [1.54, 1.807) is 55.6 Å². The molecule has 0 aromatic heterocycles. The van der Waals surface area contributed by atoms with Gasteiger partial charge in [-0.1, -0.05) is 0 Å². The zero-order valence-electron chi connectivity index (χ0n) is 13.6. The number of esters is 1. The van der Waals surface area contributed by atoms with Gasteiger partial charge in [0, 0.05) is 18.4 Å². The maximum atomic E-state index is 12.1. The van der Waals surface area contributed by atoms with E-state index >= 15 is 0 Å². The zero-order chi connectivity index (χ0) is 17.4. The summed E-state index contributed by atoms with van der Waals surface area (Å²) in [5.74, 6) is 0.0102. The van der Waals surface area contributed by atoms with Crippen molar-refractivity contribution in [3.05, 3.63) is 59.7 Å². The minimum Gasteiger partial charge on any atom is -0.497 e. The molecule has 0 saturated heterocycles. The molecule has 0 fully saturated rings. The smallest absolute Gasteiger partial charge is 0.338 e. The highest BCUT2D eigenvalue weighted by Gasteiger charge is 2.09. The number of nitrogens with one attached hydrogen (secondary N) is 1. The summed E-state index contributed by atoms with van der Waals surface area (Å²) in [4.78, 5) is 23.9. The molecule has 0 aliphatic heterocycles. The highest BCUT2D eigenvalue weighted by Crippen LogP contribution is 2.15. The molecule has 0 atom stereocenters. The van der Waals surface area contributed by atoms with Crippen molar-refractivity contribution in [2.75, 3.05) is 32.8 Å². The summed E-state index contributed by atoms with van der Waals surface area (Å²) in [6.07, 6.45) is 0. The summed E-state index contributed by atoms with van der Waals surface area (Å²) < 4.78 is 14.9. The van der Waals surface area contributed by atoms with Crippen LogP contribution in [0.1, 0.15) is 20.7 Å². The van der Waals surface area contributed by atoms with Gasteiger partial charge in [-0.05, 0) is 48.5 Å². The van der Waals surface area contributed by atoms with Crippen molar-refractivity contribution in [3.63, 3.8) is 0 Å². The molecule has 1 amide bonds. The maximum absolute atomic E-state index is 12.1. The number of amides is 1. The standard InChI is InChI=1S/C18H19NO5/c1-22-11-12-24-18(21)14-3-7-15(8-4-14)19-17(20)13-5-9-16(23-2)10-6-13/h3-10H,11-12H2,1-2H3,(H,19,20). The lowest BCUT2D eigenvalue weighted by Gasteiger charge is -2.07. The predicted octanol–water partition coefficient (Wildman–Crippen LogP) is 2.75. The molecule has 2 rings (SSSR count). The number of hydrogen-bond donors (Lipinski definition) is 1. The van der Waals surface area contributed by atoms with Gasteiger partial charge in [-0.3, -0.25) is 4.79 Å². The zero-order valence-corrected chi connectivity index (χ0v) is 13.6. The van der Waals surface area contributed by atoms with E-state index in [-0.39, 0.29) is 12.5 Å². The van der Waals surface area contributed by atoms with Gasteiger partial charge in [0.15, 0.2) is 0 Å². The Morgan fingerprint density at radius 1 is 0.875 bits per heavy atom. The number of hydrogen-bond acceptors (Lipinski definition) is 5. The second kappa shape index (κ2) is 8.69. The van der Waals surface area contributed by atoms with Gasteiger partial charge in [-0.15, -0.1) is 0 Å². The lowest BCUT2D eigenvalue weighted by Crippen LogP contribution is -2.12. The van der Waals surface area contributed by atoms with E-state index in [0.29, 0.717) is 29.2 Å². The normalized spacial score (nSPS) is 10.1. The summed E-state index contributed by atoms with van der Waals surface area (Å²) in [5.41, 5.74) is 1.51. The van der Waals surface area contributed by atoms with Gasteiger partial charge in [-0.2, -0.15) is 0 Å². The van der Waals surface area contributed by atoms with Crippen LogP contribution in [-0.2, 0) is 9.47 Å². The van der Waals surface area contributed by atoms with Crippen LogP contribution in [0.2, 0.25) is 0 Å². The molecule has 0 aliphatic carbocycles. The Hall–Kier alpha value is -2.86. The third kappa shape index (κ3) is 4.82. The van der Waals surface area contributed by atoms with Crippen LogP contribution in [-0.4, -0.2) is 39.3 Å². The maximum Gasteiger partial charge on any atom is 0.338 e. The minimum atomic E-state index is -0.430. The van der Waals surface area contributed by atoms with Gasteiger partial charge in [-0.25, -0.2) is 4.79 Å². The first-order valence-corrected chi connectivity index (χ1v) is 7.35. The molecule has 0 aliphatic rings. The van der Waals surface area contributed by atoms with Crippen LogP contribution < -0.4 is 10.1 Å².